The molecule has 1 amide bonds. The minimum Gasteiger partial charge on any atom is -0.352 e. The second-order valence-corrected chi connectivity index (χ2v) is 4.75. The number of nitrogens with two attached hydrogens (primary N) is 1. The smallest absolute Gasteiger partial charge is 0.243 e. The Labute approximate surface area is 104 Å². The highest BCUT2D eigenvalue weighted by Gasteiger charge is 2.19. The van der Waals surface area contributed by atoms with E-state index < -0.39 is 0 Å². The fraction of sp³-hybridized carbons (Fsp3) is 0.643. The molecule has 1 saturated carbocycles. The molecule has 1 rings (SSSR count). The molecule has 17 heavy (non-hydrogen) atoms. The minimum atomic E-state index is 0.00375. The molecular formula is C14H24N2O. The first-order valence-corrected chi connectivity index (χ1v) is 6.53. The number of amides is 1. The number of carbonyl (C=O) groups excluding carboxylic acids is 1. The van der Waals surface area contributed by atoms with Crippen molar-refractivity contribution in [2.75, 3.05) is 13.1 Å². The summed E-state index contributed by atoms with van der Waals surface area (Å²) in [5.74, 6) is 1.34. The lowest BCUT2D eigenvalue weighted by Gasteiger charge is -2.27. The SMILES string of the molecule is CC=CC=CC(=O)NCC1CCC(CN)CC1. The van der Waals surface area contributed by atoms with Crippen LogP contribution in [0.2, 0.25) is 0 Å². The van der Waals surface area contributed by atoms with Gasteiger partial charge in [0.1, 0.15) is 0 Å². The van der Waals surface area contributed by atoms with Crippen LogP contribution in [0.5, 0.6) is 0 Å². The summed E-state index contributed by atoms with van der Waals surface area (Å²) in [7, 11) is 0. The summed E-state index contributed by atoms with van der Waals surface area (Å²) in [5, 5.41) is 2.95. The molecule has 1 aliphatic carbocycles. The van der Waals surface area contributed by atoms with Gasteiger partial charge >= 0.3 is 0 Å². The molecule has 0 unspecified atom stereocenters. The Morgan fingerprint density at radius 2 is 1.88 bits per heavy atom. The van der Waals surface area contributed by atoms with Gasteiger partial charge in [0, 0.05) is 12.6 Å². The van der Waals surface area contributed by atoms with Gasteiger partial charge < -0.3 is 11.1 Å². The molecule has 0 atom stereocenters. The van der Waals surface area contributed by atoms with Crippen molar-refractivity contribution < 1.29 is 4.79 Å². The summed E-state index contributed by atoms with van der Waals surface area (Å²) in [5.41, 5.74) is 5.65. The van der Waals surface area contributed by atoms with Crippen molar-refractivity contribution in [2.45, 2.75) is 32.6 Å². The third-order valence-corrected chi connectivity index (χ3v) is 3.42. The van der Waals surface area contributed by atoms with E-state index in [-0.39, 0.29) is 5.91 Å². The van der Waals surface area contributed by atoms with E-state index in [2.05, 4.69) is 5.32 Å². The van der Waals surface area contributed by atoms with Gasteiger partial charge in [0.2, 0.25) is 5.91 Å². The van der Waals surface area contributed by atoms with Crippen LogP contribution >= 0.6 is 0 Å². The van der Waals surface area contributed by atoms with Gasteiger partial charge in [-0.05, 0) is 51.0 Å². The van der Waals surface area contributed by atoms with Crippen LogP contribution in [0.1, 0.15) is 32.6 Å². The van der Waals surface area contributed by atoms with E-state index in [4.69, 9.17) is 5.73 Å². The van der Waals surface area contributed by atoms with E-state index >= 15 is 0 Å². The van der Waals surface area contributed by atoms with Gasteiger partial charge in [0.15, 0.2) is 0 Å². The van der Waals surface area contributed by atoms with Crippen LogP contribution in [-0.2, 0) is 4.79 Å². The van der Waals surface area contributed by atoms with Crippen molar-refractivity contribution in [3.63, 3.8) is 0 Å². The number of hydrogen-bond donors (Lipinski definition) is 2. The zero-order valence-electron chi connectivity index (χ0n) is 10.7. The molecule has 0 bridgehead atoms. The number of nitrogens with one attached hydrogen (secondary N) is 1. The second-order valence-electron chi connectivity index (χ2n) is 4.75. The molecule has 3 N–H and O–H groups in total. The molecule has 0 heterocycles. The monoisotopic (exact) mass is 236 g/mol. The summed E-state index contributed by atoms with van der Waals surface area (Å²) in [4.78, 5) is 11.4. The van der Waals surface area contributed by atoms with E-state index in [9.17, 15) is 4.79 Å². The maximum Gasteiger partial charge on any atom is 0.243 e. The fourth-order valence-corrected chi connectivity index (χ4v) is 2.23. The fourth-order valence-electron chi connectivity index (χ4n) is 2.23. The molecule has 0 aromatic rings. The molecule has 0 aromatic heterocycles. The van der Waals surface area contributed by atoms with Gasteiger partial charge in [0.05, 0.1) is 0 Å². The number of rotatable bonds is 5. The van der Waals surface area contributed by atoms with Gasteiger partial charge in [-0.2, -0.15) is 0 Å². The van der Waals surface area contributed by atoms with Crippen LogP contribution in [0.3, 0.4) is 0 Å². The van der Waals surface area contributed by atoms with Crippen molar-refractivity contribution >= 4 is 5.91 Å². The Bertz CT molecular complexity index is 276. The average Bonchev–Trinajstić information content (AvgIpc) is 2.37. The summed E-state index contributed by atoms with van der Waals surface area (Å²) in [6.45, 7) is 3.54. The van der Waals surface area contributed by atoms with Gasteiger partial charge in [-0.3, -0.25) is 4.79 Å². The normalized spacial score (nSPS) is 25.5. The Morgan fingerprint density at radius 3 is 2.47 bits per heavy atom. The first-order chi connectivity index (χ1) is 8.26. The van der Waals surface area contributed by atoms with Crippen LogP contribution in [0, 0.1) is 11.8 Å². The van der Waals surface area contributed by atoms with E-state index in [0.717, 1.165) is 13.1 Å². The van der Waals surface area contributed by atoms with Crippen molar-refractivity contribution in [2.24, 2.45) is 17.6 Å². The molecule has 0 aromatic carbocycles. The van der Waals surface area contributed by atoms with Crippen molar-refractivity contribution in [3.8, 4) is 0 Å². The molecule has 0 spiro atoms. The standard InChI is InChI=1S/C14H24N2O/c1-2-3-4-5-14(17)16-11-13-8-6-12(10-15)7-9-13/h2-5,12-13H,6-11,15H2,1H3,(H,16,17). The van der Waals surface area contributed by atoms with Crippen LogP contribution in [-0.4, -0.2) is 19.0 Å². The predicted octanol–water partition coefficient (Wildman–Crippen LogP) is 2.00. The molecular weight excluding hydrogens is 212 g/mol. The summed E-state index contributed by atoms with van der Waals surface area (Å²) < 4.78 is 0. The molecule has 0 saturated heterocycles. The maximum absolute atomic E-state index is 11.4. The summed E-state index contributed by atoms with van der Waals surface area (Å²) in [6.07, 6.45) is 11.9. The predicted molar refractivity (Wildman–Crippen MR) is 71.5 cm³/mol. The van der Waals surface area contributed by atoms with Crippen LogP contribution < -0.4 is 11.1 Å². The van der Waals surface area contributed by atoms with Crippen LogP contribution in [0.25, 0.3) is 0 Å². The molecule has 0 radical (unpaired) electrons. The van der Waals surface area contributed by atoms with E-state index in [1.807, 2.05) is 19.1 Å². The summed E-state index contributed by atoms with van der Waals surface area (Å²) >= 11 is 0. The van der Waals surface area contributed by atoms with Gasteiger partial charge in [-0.25, -0.2) is 0 Å². The average molecular weight is 236 g/mol. The Morgan fingerprint density at radius 1 is 1.24 bits per heavy atom. The summed E-state index contributed by atoms with van der Waals surface area (Å²) in [6, 6.07) is 0. The zero-order valence-corrected chi connectivity index (χ0v) is 10.7. The topological polar surface area (TPSA) is 55.1 Å². The minimum absolute atomic E-state index is 0.00375. The van der Waals surface area contributed by atoms with Gasteiger partial charge in [-0.1, -0.05) is 18.2 Å². The molecule has 3 nitrogen and oxygen atoms in total. The molecule has 1 aliphatic rings. The quantitative estimate of drug-likeness (QED) is 0.566. The highest BCUT2D eigenvalue weighted by Crippen LogP contribution is 2.27. The lowest BCUT2D eigenvalue weighted by Crippen LogP contribution is -2.31. The van der Waals surface area contributed by atoms with Crippen molar-refractivity contribution in [3.05, 3.63) is 24.3 Å². The Kier molecular flexibility index (Phi) is 6.63. The highest BCUT2D eigenvalue weighted by atomic mass is 16.1. The van der Waals surface area contributed by atoms with Crippen LogP contribution in [0.15, 0.2) is 24.3 Å². The Hall–Kier alpha value is -1.09. The number of allylic oxidation sites excluding steroid dienone is 3. The third kappa shape index (κ3) is 5.68. The lowest BCUT2D eigenvalue weighted by atomic mass is 9.82. The van der Waals surface area contributed by atoms with E-state index in [1.54, 1.807) is 12.2 Å². The van der Waals surface area contributed by atoms with E-state index in [1.165, 1.54) is 25.7 Å². The van der Waals surface area contributed by atoms with Crippen LogP contribution in [0.4, 0.5) is 0 Å². The van der Waals surface area contributed by atoms with Gasteiger partial charge in [0.25, 0.3) is 0 Å². The zero-order chi connectivity index (χ0) is 12.5. The lowest BCUT2D eigenvalue weighted by molar-refractivity contribution is -0.116. The molecule has 1 fully saturated rings. The molecule has 96 valence electrons. The van der Waals surface area contributed by atoms with Gasteiger partial charge in [-0.15, -0.1) is 0 Å². The third-order valence-electron chi connectivity index (χ3n) is 3.42. The van der Waals surface area contributed by atoms with Crippen molar-refractivity contribution in [1.29, 1.82) is 0 Å². The largest absolute Gasteiger partial charge is 0.352 e. The number of hydrogen-bond acceptors (Lipinski definition) is 2. The second kappa shape index (κ2) is 8.07. The Balaban J connectivity index is 2.16. The molecule has 3 heteroatoms. The number of carbonyl (C=O) groups is 1. The first-order valence-electron chi connectivity index (χ1n) is 6.53. The van der Waals surface area contributed by atoms with Crippen molar-refractivity contribution in [1.82, 2.24) is 5.32 Å². The molecule has 0 aliphatic heterocycles. The van der Waals surface area contributed by atoms with E-state index in [0.29, 0.717) is 11.8 Å². The highest BCUT2D eigenvalue weighted by molar-refractivity contribution is 5.87. The first kappa shape index (κ1) is 14.0. The maximum atomic E-state index is 11.4.